The van der Waals surface area contributed by atoms with Crippen LogP contribution in [0.5, 0.6) is 0 Å². The van der Waals surface area contributed by atoms with Crippen LogP contribution >= 0.6 is 0 Å². The van der Waals surface area contributed by atoms with E-state index in [4.69, 9.17) is 0 Å². The van der Waals surface area contributed by atoms with E-state index >= 15 is 0 Å². The maximum Gasteiger partial charge on any atom is 0.0725 e. The van der Waals surface area contributed by atoms with Gasteiger partial charge >= 0.3 is 0 Å². The molecule has 2 heteroatoms. The van der Waals surface area contributed by atoms with E-state index in [0.717, 1.165) is 0 Å². The van der Waals surface area contributed by atoms with E-state index in [0.29, 0.717) is 5.92 Å². The van der Waals surface area contributed by atoms with E-state index in [1.807, 2.05) is 0 Å². The number of hydrogen-bond acceptors (Lipinski definition) is 0. The minimum Gasteiger partial charge on any atom is -0.353 e. The Hall–Kier alpha value is -2.22. The fraction of sp³-hybridized carbons (Fsp3) is 0.222. The van der Waals surface area contributed by atoms with Crippen molar-refractivity contribution in [3.8, 4) is 0 Å². The number of H-pyrrole nitrogens is 2. The molecule has 2 heterocycles. The maximum absolute atomic E-state index is 3.58. The van der Waals surface area contributed by atoms with Crippen LogP contribution in [0, 0.1) is 6.92 Å². The summed E-state index contributed by atoms with van der Waals surface area (Å²) in [7, 11) is 0. The van der Waals surface area contributed by atoms with E-state index < -0.39 is 0 Å². The van der Waals surface area contributed by atoms with Crippen molar-refractivity contribution in [3.05, 3.63) is 47.5 Å². The molecule has 2 nitrogen and oxygen atoms in total. The zero-order valence-electron chi connectivity index (χ0n) is 12.0. The molecule has 2 aromatic heterocycles. The van der Waals surface area contributed by atoms with Gasteiger partial charge < -0.3 is 9.97 Å². The fourth-order valence-corrected chi connectivity index (χ4v) is 3.01. The number of nitrogens with one attached hydrogen (secondary N) is 2. The zero-order chi connectivity index (χ0) is 13.9. The summed E-state index contributed by atoms with van der Waals surface area (Å²) in [5, 5.41) is 2.56. The lowest BCUT2D eigenvalue weighted by molar-refractivity contribution is 0.869. The van der Waals surface area contributed by atoms with Crippen molar-refractivity contribution in [3.63, 3.8) is 0 Å². The van der Waals surface area contributed by atoms with Gasteiger partial charge in [0.2, 0.25) is 0 Å². The Morgan fingerprint density at radius 1 is 0.800 bits per heavy atom. The molecule has 4 aromatic rings. The Labute approximate surface area is 117 Å². The predicted octanol–water partition coefficient (Wildman–Crippen LogP) is 5.23. The molecule has 2 N–H and O–H groups in total. The number of hydrogen-bond donors (Lipinski definition) is 2. The molecule has 100 valence electrons. The highest BCUT2D eigenvalue weighted by Gasteiger charge is 2.11. The van der Waals surface area contributed by atoms with E-state index in [2.05, 4.69) is 67.1 Å². The summed E-state index contributed by atoms with van der Waals surface area (Å²) in [5.74, 6) is 0.552. The molecule has 0 radical (unpaired) electrons. The largest absolute Gasteiger partial charge is 0.353 e. The van der Waals surface area contributed by atoms with Gasteiger partial charge in [-0.2, -0.15) is 0 Å². The molecule has 2 aromatic carbocycles. The molecule has 20 heavy (non-hydrogen) atoms. The second kappa shape index (κ2) is 3.89. The first-order chi connectivity index (χ1) is 9.63. The molecule has 0 saturated carbocycles. The highest BCUT2D eigenvalue weighted by atomic mass is 14.8. The van der Waals surface area contributed by atoms with Crippen molar-refractivity contribution in [1.29, 1.82) is 0 Å². The quantitative estimate of drug-likeness (QED) is 0.470. The summed E-state index contributed by atoms with van der Waals surface area (Å²) in [6, 6.07) is 13.3. The number of aromatic amines is 2. The topological polar surface area (TPSA) is 31.6 Å². The fourth-order valence-electron chi connectivity index (χ4n) is 3.01. The van der Waals surface area contributed by atoms with Gasteiger partial charge in [-0.1, -0.05) is 32.0 Å². The third-order valence-corrected chi connectivity index (χ3v) is 4.19. The summed E-state index contributed by atoms with van der Waals surface area (Å²) >= 11 is 0. The smallest absolute Gasteiger partial charge is 0.0725 e. The molecule has 0 bridgehead atoms. The Morgan fingerprint density at radius 3 is 2.35 bits per heavy atom. The normalized spacial score (nSPS) is 12.2. The minimum atomic E-state index is 0.552. The van der Waals surface area contributed by atoms with Crippen LogP contribution in [-0.4, -0.2) is 9.97 Å². The summed E-state index contributed by atoms with van der Waals surface area (Å²) in [6.45, 7) is 6.60. The number of rotatable bonds is 1. The summed E-state index contributed by atoms with van der Waals surface area (Å²) in [5.41, 5.74) is 7.53. The molecule has 0 aliphatic heterocycles. The molecule has 0 atom stereocenters. The van der Waals surface area contributed by atoms with Crippen molar-refractivity contribution >= 4 is 32.8 Å². The third kappa shape index (κ3) is 1.51. The number of benzene rings is 2. The molecule has 0 amide bonds. The van der Waals surface area contributed by atoms with Crippen molar-refractivity contribution in [2.45, 2.75) is 26.7 Å². The first-order valence-electron chi connectivity index (χ1n) is 7.17. The summed E-state index contributed by atoms with van der Waals surface area (Å²) < 4.78 is 0. The van der Waals surface area contributed by atoms with E-state index in [1.165, 1.54) is 44.0 Å². The van der Waals surface area contributed by atoms with Crippen molar-refractivity contribution in [1.82, 2.24) is 9.97 Å². The molecule has 0 unspecified atom stereocenters. The third-order valence-electron chi connectivity index (χ3n) is 4.19. The van der Waals surface area contributed by atoms with Crippen LogP contribution in [-0.2, 0) is 0 Å². The first-order valence-corrected chi connectivity index (χ1v) is 7.17. The van der Waals surface area contributed by atoms with Gasteiger partial charge in [0.1, 0.15) is 0 Å². The van der Waals surface area contributed by atoms with Gasteiger partial charge in [0, 0.05) is 21.8 Å². The molecular weight excluding hydrogens is 244 g/mol. The van der Waals surface area contributed by atoms with E-state index in [-0.39, 0.29) is 0 Å². The van der Waals surface area contributed by atoms with E-state index in [9.17, 15) is 0 Å². The Bertz CT molecular complexity index is 938. The van der Waals surface area contributed by atoms with Crippen LogP contribution < -0.4 is 0 Å². The Kier molecular flexibility index (Phi) is 2.25. The second-order valence-electron chi connectivity index (χ2n) is 6.01. The summed E-state index contributed by atoms with van der Waals surface area (Å²) in [4.78, 5) is 7.13. The molecule has 0 fully saturated rings. The van der Waals surface area contributed by atoms with Gasteiger partial charge in [-0.15, -0.1) is 0 Å². The SMILES string of the molecule is Cc1ccc2c(c1)[nH]c1c3cc(C(C)C)ccc3[nH]c21. The molecule has 4 rings (SSSR count). The zero-order valence-corrected chi connectivity index (χ0v) is 12.0. The summed E-state index contributed by atoms with van der Waals surface area (Å²) in [6.07, 6.45) is 0. The van der Waals surface area contributed by atoms with Crippen molar-refractivity contribution in [2.75, 3.05) is 0 Å². The number of aromatic nitrogens is 2. The maximum atomic E-state index is 3.58. The highest BCUT2D eigenvalue weighted by Crippen LogP contribution is 2.33. The van der Waals surface area contributed by atoms with E-state index in [1.54, 1.807) is 0 Å². The van der Waals surface area contributed by atoms with Crippen LogP contribution in [0.25, 0.3) is 32.8 Å². The van der Waals surface area contributed by atoms with Crippen LogP contribution in [0.2, 0.25) is 0 Å². The number of fused-ring (bicyclic) bond motifs is 5. The lowest BCUT2D eigenvalue weighted by Crippen LogP contribution is -1.85. The predicted molar refractivity (Wildman–Crippen MR) is 86.5 cm³/mol. The molecule has 0 spiro atoms. The Morgan fingerprint density at radius 2 is 1.55 bits per heavy atom. The Balaban J connectivity index is 2.13. The average Bonchev–Trinajstić information content (AvgIpc) is 2.93. The van der Waals surface area contributed by atoms with Gasteiger partial charge in [-0.05, 0) is 42.2 Å². The minimum absolute atomic E-state index is 0.552. The molecule has 0 saturated heterocycles. The lowest BCUT2D eigenvalue weighted by Gasteiger charge is -2.04. The van der Waals surface area contributed by atoms with Gasteiger partial charge in [0.05, 0.1) is 11.0 Å². The lowest BCUT2D eigenvalue weighted by atomic mass is 10.0. The van der Waals surface area contributed by atoms with Crippen LogP contribution in [0.15, 0.2) is 36.4 Å². The first kappa shape index (κ1) is 11.6. The van der Waals surface area contributed by atoms with Gasteiger partial charge in [-0.3, -0.25) is 0 Å². The average molecular weight is 262 g/mol. The van der Waals surface area contributed by atoms with Crippen LogP contribution in [0.1, 0.15) is 30.9 Å². The van der Waals surface area contributed by atoms with Crippen LogP contribution in [0.4, 0.5) is 0 Å². The van der Waals surface area contributed by atoms with Crippen LogP contribution in [0.3, 0.4) is 0 Å². The highest BCUT2D eigenvalue weighted by molar-refractivity contribution is 6.16. The molecule has 0 aliphatic carbocycles. The second-order valence-corrected chi connectivity index (χ2v) is 6.01. The molecular formula is C18H18N2. The standard InChI is InChI=1S/C18H18N2/c1-10(2)12-5-7-15-14(9-12)18-17(19-15)13-6-4-11(3)8-16(13)20-18/h4-10,19-20H,1-3H3. The number of aryl methyl sites for hydroxylation is 1. The van der Waals surface area contributed by atoms with Crippen molar-refractivity contribution in [2.24, 2.45) is 0 Å². The molecule has 0 aliphatic rings. The van der Waals surface area contributed by atoms with Gasteiger partial charge in [-0.25, -0.2) is 0 Å². The van der Waals surface area contributed by atoms with Gasteiger partial charge in [0.25, 0.3) is 0 Å². The monoisotopic (exact) mass is 262 g/mol. The van der Waals surface area contributed by atoms with Gasteiger partial charge in [0.15, 0.2) is 0 Å². The van der Waals surface area contributed by atoms with Crippen molar-refractivity contribution < 1.29 is 0 Å².